The number of carbonyl (C=O) groups excluding carboxylic acids is 1. The number of H-pyrrole nitrogens is 1. The molecule has 1 aliphatic heterocycles. The van der Waals surface area contributed by atoms with Crippen LogP contribution in [0.4, 0.5) is 0 Å². The molecular weight excluding hydrogens is 308 g/mol. The highest BCUT2D eigenvalue weighted by Crippen LogP contribution is 2.26. The second-order valence-electron chi connectivity index (χ2n) is 5.43. The summed E-state index contributed by atoms with van der Waals surface area (Å²) >= 11 is 7.77. The Bertz CT molecular complexity index is 665. The van der Waals surface area contributed by atoms with Crippen LogP contribution in [0.1, 0.15) is 23.3 Å². The van der Waals surface area contributed by atoms with E-state index >= 15 is 0 Å². The summed E-state index contributed by atoms with van der Waals surface area (Å²) in [4.78, 5) is 15.2. The lowest BCUT2D eigenvalue weighted by Crippen LogP contribution is -2.45. The zero-order valence-electron chi connectivity index (χ0n) is 11.5. The molecular formula is C15H17ClN2O2S. The molecule has 1 aliphatic rings. The van der Waals surface area contributed by atoms with Gasteiger partial charge in [0.05, 0.1) is 5.60 Å². The van der Waals surface area contributed by atoms with Crippen molar-refractivity contribution in [2.24, 2.45) is 0 Å². The summed E-state index contributed by atoms with van der Waals surface area (Å²) in [5.41, 5.74) is 0.553. The maximum Gasteiger partial charge on any atom is 0.267 e. The molecule has 0 unspecified atom stereocenters. The Hall–Kier alpha value is -1.17. The van der Waals surface area contributed by atoms with Crippen LogP contribution in [0.3, 0.4) is 0 Å². The first-order chi connectivity index (χ1) is 10.1. The minimum absolute atomic E-state index is 0.200. The van der Waals surface area contributed by atoms with E-state index in [2.05, 4.69) is 10.3 Å². The van der Waals surface area contributed by atoms with E-state index in [0.717, 1.165) is 35.3 Å². The molecule has 3 rings (SSSR count). The van der Waals surface area contributed by atoms with Crippen LogP contribution in [0.5, 0.6) is 0 Å². The number of aromatic amines is 1. The summed E-state index contributed by atoms with van der Waals surface area (Å²) < 4.78 is 0. The SMILES string of the molecule is O=C(NCC1(O)CCSCC1)c1cc2ccc(Cl)cc2[nH]1. The van der Waals surface area contributed by atoms with Gasteiger partial charge in [0.2, 0.25) is 0 Å². The number of halogens is 1. The minimum atomic E-state index is -0.768. The third-order valence-electron chi connectivity index (χ3n) is 3.83. The number of benzene rings is 1. The molecule has 0 bridgehead atoms. The van der Waals surface area contributed by atoms with Crippen molar-refractivity contribution in [2.75, 3.05) is 18.1 Å². The van der Waals surface area contributed by atoms with E-state index in [1.54, 1.807) is 18.2 Å². The largest absolute Gasteiger partial charge is 0.388 e. The third kappa shape index (κ3) is 3.36. The predicted octanol–water partition coefficient (Wildman–Crippen LogP) is 2.81. The first kappa shape index (κ1) is 14.8. The van der Waals surface area contributed by atoms with Gasteiger partial charge >= 0.3 is 0 Å². The Labute approximate surface area is 132 Å². The van der Waals surface area contributed by atoms with E-state index in [-0.39, 0.29) is 5.91 Å². The molecule has 4 nitrogen and oxygen atoms in total. The quantitative estimate of drug-likeness (QED) is 0.813. The minimum Gasteiger partial charge on any atom is -0.388 e. The van der Waals surface area contributed by atoms with Crippen molar-refractivity contribution in [2.45, 2.75) is 18.4 Å². The number of aliphatic hydroxyl groups is 1. The van der Waals surface area contributed by atoms with Gasteiger partial charge in [-0.05, 0) is 42.5 Å². The van der Waals surface area contributed by atoms with Gasteiger partial charge in [-0.3, -0.25) is 4.79 Å². The molecule has 1 amide bonds. The summed E-state index contributed by atoms with van der Waals surface area (Å²) in [6, 6.07) is 7.25. The lowest BCUT2D eigenvalue weighted by atomic mass is 9.97. The van der Waals surface area contributed by atoms with Gasteiger partial charge in [-0.2, -0.15) is 11.8 Å². The van der Waals surface area contributed by atoms with Crippen molar-refractivity contribution in [1.29, 1.82) is 0 Å². The molecule has 2 heterocycles. The van der Waals surface area contributed by atoms with Crippen LogP contribution in [0.25, 0.3) is 10.9 Å². The Morgan fingerprint density at radius 3 is 2.90 bits per heavy atom. The van der Waals surface area contributed by atoms with E-state index in [1.165, 1.54) is 0 Å². The molecule has 112 valence electrons. The van der Waals surface area contributed by atoms with Gasteiger partial charge in [0, 0.05) is 22.5 Å². The van der Waals surface area contributed by atoms with Crippen LogP contribution in [0, 0.1) is 0 Å². The lowest BCUT2D eigenvalue weighted by Gasteiger charge is -2.31. The summed E-state index contributed by atoms with van der Waals surface area (Å²) in [5, 5.41) is 14.8. The fourth-order valence-electron chi connectivity index (χ4n) is 2.49. The maximum atomic E-state index is 12.2. The first-order valence-electron chi connectivity index (χ1n) is 6.92. The van der Waals surface area contributed by atoms with E-state index < -0.39 is 5.60 Å². The topological polar surface area (TPSA) is 65.1 Å². The van der Waals surface area contributed by atoms with Gasteiger partial charge in [0.15, 0.2) is 0 Å². The number of aromatic nitrogens is 1. The number of amides is 1. The fourth-order valence-corrected chi connectivity index (χ4v) is 3.91. The lowest BCUT2D eigenvalue weighted by molar-refractivity contribution is 0.0310. The van der Waals surface area contributed by atoms with Gasteiger partial charge < -0.3 is 15.4 Å². The molecule has 0 atom stereocenters. The average molecular weight is 325 g/mol. The molecule has 0 radical (unpaired) electrons. The van der Waals surface area contributed by atoms with Crippen LogP contribution in [-0.4, -0.2) is 39.6 Å². The molecule has 1 saturated heterocycles. The standard InChI is InChI=1S/C15H17ClN2O2S/c16-11-2-1-10-7-13(18-12(10)8-11)14(19)17-9-15(20)3-5-21-6-4-15/h1-2,7-8,18,20H,3-6,9H2,(H,17,19). The van der Waals surface area contributed by atoms with Gasteiger partial charge in [0.1, 0.15) is 5.69 Å². The van der Waals surface area contributed by atoms with Crippen molar-refractivity contribution in [3.63, 3.8) is 0 Å². The number of nitrogens with one attached hydrogen (secondary N) is 2. The summed E-state index contributed by atoms with van der Waals surface area (Å²) in [6.45, 7) is 0.294. The number of hydrogen-bond donors (Lipinski definition) is 3. The van der Waals surface area contributed by atoms with Crippen molar-refractivity contribution < 1.29 is 9.90 Å². The molecule has 1 aromatic carbocycles. The molecule has 3 N–H and O–H groups in total. The smallest absolute Gasteiger partial charge is 0.267 e. The molecule has 1 fully saturated rings. The summed E-state index contributed by atoms with van der Waals surface area (Å²) in [6.07, 6.45) is 1.44. The maximum absolute atomic E-state index is 12.2. The first-order valence-corrected chi connectivity index (χ1v) is 8.46. The Balaban J connectivity index is 1.69. The monoisotopic (exact) mass is 324 g/mol. The number of fused-ring (bicyclic) bond motifs is 1. The molecule has 1 aromatic heterocycles. The van der Waals surface area contributed by atoms with Crippen molar-refractivity contribution in [1.82, 2.24) is 10.3 Å². The molecule has 6 heteroatoms. The molecule has 21 heavy (non-hydrogen) atoms. The normalized spacial score (nSPS) is 17.8. The van der Waals surface area contributed by atoms with E-state index in [4.69, 9.17) is 11.6 Å². The van der Waals surface area contributed by atoms with Gasteiger partial charge in [-0.25, -0.2) is 0 Å². The average Bonchev–Trinajstić information content (AvgIpc) is 2.88. The van der Waals surface area contributed by atoms with Crippen LogP contribution in [-0.2, 0) is 0 Å². The van der Waals surface area contributed by atoms with Crippen molar-refractivity contribution in [3.8, 4) is 0 Å². The molecule has 0 aliphatic carbocycles. The Morgan fingerprint density at radius 1 is 1.38 bits per heavy atom. The predicted molar refractivity (Wildman–Crippen MR) is 87.2 cm³/mol. The second kappa shape index (κ2) is 5.91. The number of thioether (sulfide) groups is 1. The number of rotatable bonds is 3. The van der Waals surface area contributed by atoms with Crippen molar-refractivity contribution >= 4 is 40.2 Å². The Morgan fingerprint density at radius 2 is 2.14 bits per heavy atom. The number of hydrogen-bond acceptors (Lipinski definition) is 3. The van der Waals surface area contributed by atoms with E-state index in [1.807, 2.05) is 17.8 Å². The van der Waals surface area contributed by atoms with Gasteiger partial charge in [-0.1, -0.05) is 17.7 Å². The van der Waals surface area contributed by atoms with Crippen LogP contribution < -0.4 is 5.32 Å². The van der Waals surface area contributed by atoms with E-state index in [9.17, 15) is 9.90 Å². The third-order valence-corrected chi connectivity index (χ3v) is 5.05. The Kier molecular flexibility index (Phi) is 4.15. The summed E-state index contributed by atoms with van der Waals surface area (Å²) in [5.74, 6) is 1.68. The van der Waals surface area contributed by atoms with Crippen LogP contribution in [0.15, 0.2) is 24.3 Å². The zero-order chi connectivity index (χ0) is 14.9. The molecule has 2 aromatic rings. The van der Waals surface area contributed by atoms with Crippen LogP contribution >= 0.6 is 23.4 Å². The van der Waals surface area contributed by atoms with Gasteiger partial charge in [0.25, 0.3) is 5.91 Å². The van der Waals surface area contributed by atoms with Crippen LogP contribution in [0.2, 0.25) is 5.02 Å². The zero-order valence-corrected chi connectivity index (χ0v) is 13.1. The fraction of sp³-hybridized carbons (Fsp3) is 0.400. The van der Waals surface area contributed by atoms with Gasteiger partial charge in [-0.15, -0.1) is 0 Å². The highest BCUT2D eigenvalue weighted by Gasteiger charge is 2.30. The summed E-state index contributed by atoms with van der Waals surface area (Å²) in [7, 11) is 0. The molecule has 0 spiro atoms. The highest BCUT2D eigenvalue weighted by molar-refractivity contribution is 7.99. The van der Waals surface area contributed by atoms with Crippen molar-refractivity contribution in [3.05, 3.63) is 35.0 Å². The highest BCUT2D eigenvalue weighted by atomic mass is 35.5. The second-order valence-corrected chi connectivity index (χ2v) is 7.10. The molecule has 0 saturated carbocycles. The number of carbonyl (C=O) groups is 1. The van der Waals surface area contributed by atoms with E-state index in [0.29, 0.717) is 17.3 Å².